The first-order valence-electron chi connectivity index (χ1n) is 9.48. The molecule has 1 aromatic heterocycles. The zero-order chi connectivity index (χ0) is 22.1. The molecule has 1 N–H and O–H groups in total. The van der Waals surface area contributed by atoms with Crippen LogP contribution in [0.5, 0.6) is 11.5 Å². The first kappa shape index (κ1) is 20.2. The first-order valence-corrected chi connectivity index (χ1v) is 9.48. The van der Waals surface area contributed by atoms with E-state index in [9.17, 15) is 14.7 Å². The molecule has 0 radical (unpaired) electrons. The monoisotopic (exact) mass is 420 g/mol. The maximum atomic E-state index is 13.1. The standard InChI is InChI=1S/C23H20N2O6/c1-13-11-18(24-31-13)25-20(16-9-4-5-10-17(16)30-3)19(22(27)23(25)28)21(26)14-7-6-8-15(12-14)29-2/h4-12,20,26H,1-3H3/t20-/m1/s1. The highest BCUT2D eigenvalue weighted by atomic mass is 16.5. The van der Waals surface area contributed by atoms with Gasteiger partial charge in [-0.2, -0.15) is 0 Å². The van der Waals surface area contributed by atoms with Crippen LogP contribution in [-0.2, 0) is 9.59 Å². The lowest BCUT2D eigenvalue weighted by atomic mass is 9.94. The second kappa shape index (κ2) is 7.98. The van der Waals surface area contributed by atoms with Gasteiger partial charge in [0.2, 0.25) is 0 Å². The number of ether oxygens (including phenoxy) is 2. The van der Waals surface area contributed by atoms with E-state index in [1.165, 1.54) is 19.1 Å². The number of aliphatic hydroxyl groups is 1. The molecule has 8 heteroatoms. The number of ketones is 1. The number of carbonyl (C=O) groups excluding carboxylic acids is 2. The highest BCUT2D eigenvalue weighted by Gasteiger charge is 2.49. The summed E-state index contributed by atoms with van der Waals surface area (Å²) in [5, 5.41) is 15.1. The van der Waals surface area contributed by atoms with Gasteiger partial charge >= 0.3 is 5.91 Å². The van der Waals surface area contributed by atoms with Crippen LogP contribution in [0, 0.1) is 6.92 Å². The van der Waals surface area contributed by atoms with E-state index in [0.29, 0.717) is 28.4 Å². The fraction of sp³-hybridized carbons (Fsp3) is 0.174. The van der Waals surface area contributed by atoms with E-state index in [2.05, 4.69) is 5.16 Å². The van der Waals surface area contributed by atoms with Gasteiger partial charge in [-0.3, -0.25) is 14.5 Å². The largest absolute Gasteiger partial charge is 0.507 e. The van der Waals surface area contributed by atoms with Gasteiger partial charge in [0.1, 0.15) is 29.1 Å². The first-order chi connectivity index (χ1) is 15.0. The summed E-state index contributed by atoms with van der Waals surface area (Å²) >= 11 is 0. The Hall–Kier alpha value is -4.07. The molecule has 0 aliphatic carbocycles. The lowest BCUT2D eigenvalue weighted by Crippen LogP contribution is -2.29. The topological polar surface area (TPSA) is 102 Å². The molecule has 8 nitrogen and oxygen atoms in total. The Labute approximate surface area is 178 Å². The fourth-order valence-electron chi connectivity index (χ4n) is 3.65. The lowest BCUT2D eigenvalue weighted by Gasteiger charge is -2.24. The van der Waals surface area contributed by atoms with Gasteiger partial charge < -0.3 is 19.1 Å². The number of benzene rings is 2. The predicted molar refractivity (Wildman–Crippen MR) is 112 cm³/mol. The fourth-order valence-corrected chi connectivity index (χ4v) is 3.65. The summed E-state index contributed by atoms with van der Waals surface area (Å²) in [6, 6.07) is 14.2. The highest BCUT2D eigenvalue weighted by molar-refractivity contribution is 6.51. The number of para-hydroxylation sites is 1. The smallest absolute Gasteiger partial charge is 0.301 e. The lowest BCUT2D eigenvalue weighted by molar-refractivity contribution is -0.132. The van der Waals surface area contributed by atoms with E-state index in [1.54, 1.807) is 61.5 Å². The second-order valence-electron chi connectivity index (χ2n) is 6.94. The molecule has 4 rings (SSSR count). The van der Waals surface area contributed by atoms with Gasteiger partial charge in [0.25, 0.3) is 5.78 Å². The number of methoxy groups -OCH3 is 2. The predicted octanol–water partition coefficient (Wildman–Crippen LogP) is 3.63. The molecular formula is C23H20N2O6. The Kier molecular flexibility index (Phi) is 5.21. The number of amides is 1. The molecule has 1 aliphatic rings. The minimum atomic E-state index is -0.966. The van der Waals surface area contributed by atoms with Crippen LogP contribution in [-0.4, -0.2) is 36.2 Å². The van der Waals surface area contributed by atoms with Gasteiger partial charge in [-0.15, -0.1) is 0 Å². The third-order valence-corrected chi connectivity index (χ3v) is 5.08. The van der Waals surface area contributed by atoms with Crippen molar-refractivity contribution in [3.63, 3.8) is 0 Å². The summed E-state index contributed by atoms with van der Waals surface area (Å²) in [5.41, 5.74) is 0.784. The van der Waals surface area contributed by atoms with E-state index in [0.717, 1.165) is 0 Å². The van der Waals surface area contributed by atoms with Crippen LogP contribution in [0.1, 0.15) is 22.9 Å². The van der Waals surface area contributed by atoms with Crippen molar-refractivity contribution in [3.05, 3.63) is 77.1 Å². The summed E-state index contributed by atoms with van der Waals surface area (Å²) in [5.74, 6) is -0.388. The number of aliphatic hydroxyl groups excluding tert-OH is 1. The summed E-state index contributed by atoms with van der Waals surface area (Å²) < 4.78 is 15.8. The van der Waals surface area contributed by atoms with Crippen molar-refractivity contribution in [1.82, 2.24) is 5.16 Å². The second-order valence-corrected chi connectivity index (χ2v) is 6.94. The summed E-state index contributed by atoms with van der Waals surface area (Å²) in [4.78, 5) is 27.4. The molecule has 1 aliphatic heterocycles. The van der Waals surface area contributed by atoms with Crippen molar-refractivity contribution in [2.45, 2.75) is 13.0 Å². The SMILES string of the molecule is COc1cccc(C(O)=C2C(=O)C(=O)N(c3cc(C)on3)[C@@H]2c2ccccc2OC)c1. The number of Topliss-reactive ketones (excluding diaryl/α,β-unsaturated/α-hetero) is 1. The Balaban J connectivity index is 1.98. The number of rotatable bonds is 5. The van der Waals surface area contributed by atoms with Crippen LogP contribution in [0.3, 0.4) is 0 Å². The Morgan fingerprint density at radius 2 is 1.84 bits per heavy atom. The van der Waals surface area contributed by atoms with Crippen LogP contribution < -0.4 is 14.4 Å². The number of hydrogen-bond acceptors (Lipinski definition) is 7. The van der Waals surface area contributed by atoms with Gasteiger partial charge in [-0.05, 0) is 25.1 Å². The van der Waals surface area contributed by atoms with Crippen molar-refractivity contribution >= 4 is 23.3 Å². The molecule has 0 saturated carbocycles. The maximum Gasteiger partial charge on any atom is 0.301 e. The van der Waals surface area contributed by atoms with Crippen molar-refractivity contribution in [2.24, 2.45) is 0 Å². The minimum absolute atomic E-state index is 0.0802. The average molecular weight is 420 g/mol. The van der Waals surface area contributed by atoms with Crippen molar-refractivity contribution in [2.75, 3.05) is 19.1 Å². The average Bonchev–Trinajstić information content (AvgIpc) is 3.33. The summed E-state index contributed by atoms with van der Waals surface area (Å²) in [6.07, 6.45) is 0. The number of aromatic nitrogens is 1. The van der Waals surface area contributed by atoms with Gasteiger partial charge in [0.15, 0.2) is 5.82 Å². The number of anilines is 1. The molecular weight excluding hydrogens is 400 g/mol. The van der Waals surface area contributed by atoms with E-state index >= 15 is 0 Å². The molecule has 1 fully saturated rings. The molecule has 2 heterocycles. The summed E-state index contributed by atoms with van der Waals surface area (Å²) in [7, 11) is 2.99. The Morgan fingerprint density at radius 1 is 1.06 bits per heavy atom. The van der Waals surface area contributed by atoms with Crippen LogP contribution in [0.2, 0.25) is 0 Å². The van der Waals surface area contributed by atoms with Crippen LogP contribution in [0.4, 0.5) is 5.82 Å². The minimum Gasteiger partial charge on any atom is -0.507 e. The van der Waals surface area contributed by atoms with Crippen molar-refractivity contribution in [1.29, 1.82) is 0 Å². The van der Waals surface area contributed by atoms with Gasteiger partial charge in [0.05, 0.1) is 19.8 Å². The van der Waals surface area contributed by atoms with Crippen molar-refractivity contribution < 1.29 is 28.7 Å². The molecule has 1 amide bonds. The molecule has 1 saturated heterocycles. The summed E-state index contributed by atoms with van der Waals surface area (Å²) in [6.45, 7) is 1.68. The molecule has 31 heavy (non-hydrogen) atoms. The molecule has 0 bridgehead atoms. The van der Waals surface area contributed by atoms with Gasteiger partial charge in [-0.25, -0.2) is 0 Å². The van der Waals surface area contributed by atoms with Crippen LogP contribution in [0.15, 0.2) is 64.7 Å². The van der Waals surface area contributed by atoms with Crippen LogP contribution >= 0.6 is 0 Å². The molecule has 158 valence electrons. The normalized spacial score (nSPS) is 17.8. The zero-order valence-electron chi connectivity index (χ0n) is 17.2. The number of carbonyl (C=O) groups is 2. The number of nitrogens with zero attached hydrogens (tertiary/aromatic N) is 2. The van der Waals surface area contributed by atoms with Gasteiger partial charge in [0, 0.05) is 17.2 Å². The zero-order valence-corrected chi connectivity index (χ0v) is 17.2. The van der Waals surface area contributed by atoms with E-state index in [1.807, 2.05) is 0 Å². The molecule has 3 aromatic rings. The highest BCUT2D eigenvalue weighted by Crippen LogP contribution is 2.44. The third-order valence-electron chi connectivity index (χ3n) is 5.08. The van der Waals surface area contributed by atoms with Crippen LogP contribution in [0.25, 0.3) is 5.76 Å². The van der Waals surface area contributed by atoms with E-state index in [4.69, 9.17) is 14.0 Å². The van der Waals surface area contributed by atoms with E-state index < -0.39 is 17.7 Å². The quantitative estimate of drug-likeness (QED) is 0.382. The molecule has 2 aromatic carbocycles. The number of hydrogen-bond donors (Lipinski definition) is 1. The molecule has 1 atom stereocenters. The van der Waals surface area contributed by atoms with E-state index in [-0.39, 0.29) is 17.2 Å². The maximum absolute atomic E-state index is 13.1. The Bertz CT molecular complexity index is 1200. The van der Waals surface area contributed by atoms with Crippen molar-refractivity contribution in [3.8, 4) is 11.5 Å². The molecule has 0 unspecified atom stereocenters. The van der Waals surface area contributed by atoms with Gasteiger partial charge in [-0.1, -0.05) is 35.5 Å². The molecule has 0 spiro atoms. The number of aryl methyl sites for hydroxylation is 1. The Morgan fingerprint density at radius 3 is 2.52 bits per heavy atom. The third kappa shape index (κ3) is 3.42.